The lowest BCUT2D eigenvalue weighted by Crippen LogP contribution is -2.58. The van der Waals surface area contributed by atoms with E-state index in [-0.39, 0.29) is 18.9 Å². The van der Waals surface area contributed by atoms with Gasteiger partial charge in [-0.1, -0.05) is 13.8 Å². The molecule has 0 aliphatic rings. The van der Waals surface area contributed by atoms with Crippen molar-refractivity contribution in [3.05, 3.63) is 18.2 Å². The number of amides is 3. The highest BCUT2D eigenvalue weighted by atomic mass is 32.2. The molecule has 30 heavy (non-hydrogen) atoms. The van der Waals surface area contributed by atoms with E-state index in [2.05, 4.69) is 25.9 Å². The van der Waals surface area contributed by atoms with Gasteiger partial charge in [-0.15, -0.1) is 0 Å². The number of H-pyrrole nitrogens is 1. The predicted octanol–water partition coefficient (Wildman–Crippen LogP) is -1.14. The average Bonchev–Trinajstić information content (AvgIpc) is 3.20. The monoisotopic (exact) mass is 442 g/mol. The molecule has 0 aliphatic carbocycles. The van der Waals surface area contributed by atoms with Crippen LogP contribution in [0.4, 0.5) is 0 Å². The molecule has 0 bridgehead atoms. The molecule has 7 N–H and O–H groups in total. The van der Waals surface area contributed by atoms with Crippen LogP contribution in [-0.4, -0.2) is 75.4 Å². The van der Waals surface area contributed by atoms with E-state index < -0.39 is 41.8 Å². The lowest BCUT2D eigenvalue weighted by Gasteiger charge is -2.26. The number of aliphatic carboxylic acids is 1. The van der Waals surface area contributed by atoms with E-state index in [0.717, 1.165) is 0 Å². The number of carboxylic acid groups (broad SMARTS) is 1. The zero-order chi connectivity index (χ0) is 22.7. The zero-order valence-corrected chi connectivity index (χ0v) is 18.1. The van der Waals surface area contributed by atoms with Crippen LogP contribution in [-0.2, 0) is 25.6 Å². The number of hydrogen-bond donors (Lipinski definition) is 6. The van der Waals surface area contributed by atoms with E-state index in [1.54, 1.807) is 13.8 Å². The molecule has 3 atom stereocenters. The Kier molecular flexibility index (Phi) is 10.9. The average molecular weight is 443 g/mol. The number of nitrogens with zero attached hydrogens (tertiary/aromatic N) is 1. The summed E-state index contributed by atoms with van der Waals surface area (Å²) in [5.74, 6) is -2.54. The van der Waals surface area contributed by atoms with E-state index >= 15 is 0 Å². The quantitative estimate of drug-likeness (QED) is 0.222. The summed E-state index contributed by atoms with van der Waals surface area (Å²) in [6, 6.07) is -3.02. The van der Waals surface area contributed by atoms with Crippen LogP contribution in [0.5, 0.6) is 0 Å². The van der Waals surface area contributed by atoms with Crippen LogP contribution < -0.4 is 21.7 Å². The second-order valence-corrected chi connectivity index (χ2v) is 8.00. The number of nitrogens with two attached hydrogens (primary N) is 1. The number of aromatic amines is 1. The van der Waals surface area contributed by atoms with Crippen molar-refractivity contribution in [3.8, 4) is 0 Å². The van der Waals surface area contributed by atoms with E-state index in [4.69, 9.17) is 5.73 Å². The Morgan fingerprint density at radius 3 is 2.37 bits per heavy atom. The van der Waals surface area contributed by atoms with Crippen molar-refractivity contribution in [2.24, 2.45) is 11.7 Å². The van der Waals surface area contributed by atoms with Crippen LogP contribution in [0, 0.1) is 5.92 Å². The molecule has 1 rings (SSSR count). The minimum absolute atomic E-state index is 0.0166. The second kappa shape index (κ2) is 12.9. The highest BCUT2D eigenvalue weighted by molar-refractivity contribution is 7.98. The maximum atomic E-state index is 12.8. The van der Waals surface area contributed by atoms with Gasteiger partial charge >= 0.3 is 5.97 Å². The first-order chi connectivity index (χ1) is 14.2. The Balaban J connectivity index is 2.86. The van der Waals surface area contributed by atoms with Crippen molar-refractivity contribution < 1.29 is 24.3 Å². The van der Waals surface area contributed by atoms with E-state index in [1.807, 2.05) is 6.26 Å². The topological polar surface area (TPSA) is 179 Å². The molecule has 0 spiro atoms. The normalized spacial score (nSPS) is 13.9. The van der Waals surface area contributed by atoms with Gasteiger partial charge in [0.25, 0.3) is 0 Å². The predicted molar refractivity (Wildman–Crippen MR) is 113 cm³/mol. The molecule has 1 heterocycles. The Labute approximate surface area is 179 Å². The van der Waals surface area contributed by atoms with Crippen molar-refractivity contribution in [1.82, 2.24) is 25.9 Å². The van der Waals surface area contributed by atoms with Gasteiger partial charge in [0, 0.05) is 18.3 Å². The Hall–Kier alpha value is -2.60. The second-order valence-electron chi connectivity index (χ2n) is 7.02. The summed E-state index contributed by atoms with van der Waals surface area (Å²) in [5.41, 5.74) is 5.86. The fraction of sp³-hybridized carbons (Fsp3) is 0.611. The van der Waals surface area contributed by atoms with E-state index in [0.29, 0.717) is 17.9 Å². The fourth-order valence-corrected chi connectivity index (χ4v) is 3.10. The Morgan fingerprint density at radius 1 is 1.17 bits per heavy atom. The van der Waals surface area contributed by atoms with E-state index in [1.165, 1.54) is 24.3 Å². The SMILES string of the molecule is CSCCC(NC(=O)CN)C(=O)NC(C(=O)NC(Cc1cnc[nH]1)C(=O)O)C(C)C. The standard InChI is InChI=1S/C18H30N6O5S/c1-10(2)15(24-16(26)12(4-5-30-3)22-14(25)7-19)17(27)23-13(18(28)29)6-11-8-20-9-21-11/h8-10,12-13,15H,4-7,19H2,1-3H3,(H,20,21)(H,22,25)(H,23,27)(H,24,26)(H,28,29). The number of nitrogens with one attached hydrogen (secondary N) is 4. The smallest absolute Gasteiger partial charge is 0.326 e. The zero-order valence-electron chi connectivity index (χ0n) is 17.3. The fourth-order valence-electron chi connectivity index (χ4n) is 2.62. The summed E-state index contributed by atoms with van der Waals surface area (Å²) in [5, 5.41) is 17.1. The number of imidazole rings is 1. The summed E-state index contributed by atoms with van der Waals surface area (Å²) in [7, 11) is 0. The number of carbonyl (C=O) groups excluding carboxylic acids is 3. The van der Waals surface area contributed by atoms with Crippen molar-refractivity contribution in [1.29, 1.82) is 0 Å². The number of carbonyl (C=O) groups is 4. The molecule has 3 amide bonds. The highest BCUT2D eigenvalue weighted by Crippen LogP contribution is 2.07. The van der Waals surface area contributed by atoms with Gasteiger partial charge in [-0.2, -0.15) is 11.8 Å². The molecular weight excluding hydrogens is 412 g/mol. The summed E-state index contributed by atoms with van der Waals surface area (Å²) < 4.78 is 0. The molecule has 0 fully saturated rings. The number of thioether (sulfide) groups is 1. The van der Waals surface area contributed by atoms with Crippen LogP contribution in [0.3, 0.4) is 0 Å². The maximum Gasteiger partial charge on any atom is 0.326 e. The number of carboxylic acids is 1. The van der Waals surface area contributed by atoms with Crippen molar-refractivity contribution in [2.45, 2.75) is 44.8 Å². The third-order valence-electron chi connectivity index (χ3n) is 4.29. The van der Waals surface area contributed by atoms with Crippen molar-refractivity contribution in [2.75, 3.05) is 18.6 Å². The largest absolute Gasteiger partial charge is 0.480 e. The molecule has 0 aromatic carbocycles. The van der Waals surface area contributed by atoms with Gasteiger partial charge in [0.05, 0.1) is 12.9 Å². The summed E-state index contributed by atoms with van der Waals surface area (Å²) in [4.78, 5) is 55.3. The molecule has 0 saturated heterocycles. The first kappa shape index (κ1) is 25.4. The van der Waals surface area contributed by atoms with E-state index in [9.17, 15) is 24.3 Å². The van der Waals surface area contributed by atoms with Crippen LogP contribution in [0.25, 0.3) is 0 Å². The van der Waals surface area contributed by atoms with Gasteiger partial charge in [-0.3, -0.25) is 14.4 Å². The lowest BCUT2D eigenvalue weighted by molar-refractivity contribution is -0.142. The van der Waals surface area contributed by atoms with Crippen LogP contribution in [0.2, 0.25) is 0 Å². The summed E-state index contributed by atoms with van der Waals surface area (Å²) in [6.45, 7) is 3.19. The Morgan fingerprint density at radius 2 is 1.87 bits per heavy atom. The lowest BCUT2D eigenvalue weighted by atomic mass is 10.0. The maximum absolute atomic E-state index is 12.8. The number of rotatable bonds is 13. The molecule has 0 saturated carbocycles. The van der Waals surface area contributed by atoms with Crippen molar-refractivity contribution >= 4 is 35.5 Å². The molecule has 168 valence electrons. The molecule has 12 heteroatoms. The van der Waals surface area contributed by atoms with Crippen LogP contribution >= 0.6 is 11.8 Å². The van der Waals surface area contributed by atoms with Gasteiger partial charge in [0.1, 0.15) is 18.1 Å². The molecule has 1 aromatic heterocycles. The van der Waals surface area contributed by atoms with Crippen molar-refractivity contribution in [3.63, 3.8) is 0 Å². The van der Waals surface area contributed by atoms with Crippen LogP contribution in [0.1, 0.15) is 26.0 Å². The van der Waals surface area contributed by atoms with Gasteiger partial charge in [-0.05, 0) is 24.3 Å². The van der Waals surface area contributed by atoms with Gasteiger partial charge < -0.3 is 31.8 Å². The molecule has 3 unspecified atom stereocenters. The third kappa shape index (κ3) is 8.41. The summed E-state index contributed by atoms with van der Waals surface area (Å²) in [6.07, 6.45) is 5.14. The molecule has 0 aliphatic heterocycles. The first-order valence-electron chi connectivity index (χ1n) is 9.48. The third-order valence-corrected chi connectivity index (χ3v) is 4.93. The van der Waals surface area contributed by atoms with Crippen LogP contribution in [0.15, 0.2) is 12.5 Å². The van der Waals surface area contributed by atoms with Gasteiger partial charge in [0.2, 0.25) is 17.7 Å². The van der Waals surface area contributed by atoms with Gasteiger partial charge in [-0.25, -0.2) is 9.78 Å². The highest BCUT2D eigenvalue weighted by Gasteiger charge is 2.31. The molecular formula is C18H30N6O5S. The number of hydrogen-bond acceptors (Lipinski definition) is 7. The Bertz CT molecular complexity index is 712. The molecule has 1 aromatic rings. The molecule has 0 radical (unpaired) electrons. The van der Waals surface area contributed by atoms with Gasteiger partial charge in [0.15, 0.2) is 0 Å². The number of aromatic nitrogens is 2. The molecule has 11 nitrogen and oxygen atoms in total. The minimum atomic E-state index is -1.21. The summed E-state index contributed by atoms with van der Waals surface area (Å²) >= 11 is 1.51. The minimum Gasteiger partial charge on any atom is -0.480 e. The first-order valence-corrected chi connectivity index (χ1v) is 10.9.